The van der Waals surface area contributed by atoms with Crippen LogP contribution in [0.25, 0.3) is 0 Å². The lowest BCUT2D eigenvalue weighted by molar-refractivity contribution is -0.146. The number of hydrogen-bond acceptors (Lipinski definition) is 3. The third kappa shape index (κ3) is 7.82. The van der Waals surface area contributed by atoms with E-state index in [-0.39, 0.29) is 17.9 Å². The van der Waals surface area contributed by atoms with Crippen LogP contribution in [0, 0.1) is 0 Å². The Balaban J connectivity index is 1.44. The van der Waals surface area contributed by atoms with Gasteiger partial charge in [0.25, 0.3) is 5.91 Å². The Labute approximate surface area is 262 Å². The van der Waals surface area contributed by atoms with Gasteiger partial charge in [-0.3, -0.25) is 14.6 Å². The van der Waals surface area contributed by atoms with E-state index in [0.717, 1.165) is 56.9 Å². The lowest BCUT2D eigenvalue weighted by Crippen LogP contribution is -2.60. The minimum Gasteiger partial charge on any atom is -0.333 e. The quantitative estimate of drug-likeness (QED) is 0.151. The summed E-state index contributed by atoms with van der Waals surface area (Å²) in [7, 11) is 1.84. The smallest absolute Gasteiger partial charge is 0.254 e. The summed E-state index contributed by atoms with van der Waals surface area (Å²) in [6.07, 6.45) is 12.6. The average Bonchev–Trinajstić information content (AvgIpc) is 3.59. The van der Waals surface area contributed by atoms with Gasteiger partial charge in [-0.05, 0) is 92.3 Å². The molecule has 1 aromatic heterocycles. The Morgan fingerprint density at radius 2 is 1.20 bits per heavy atom. The molecule has 0 N–H and O–H groups in total. The Morgan fingerprint density at radius 1 is 0.705 bits per heavy atom. The molecule has 5 heteroatoms. The van der Waals surface area contributed by atoms with Gasteiger partial charge in [-0.1, -0.05) is 91.7 Å². The van der Waals surface area contributed by atoms with E-state index in [0.29, 0.717) is 24.9 Å². The first kappa shape index (κ1) is 31.2. The van der Waals surface area contributed by atoms with E-state index in [1.807, 2.05) is 49.5 Å². The summed E-state index contributed by atoms with van der Waals surface area (Å²) in [5.74, 6) is -0.00238. The van der Waals surface area contributed by atoms with Crippen molar-refractivity contribution in [2.24, 2.45) is 0 Å². The lowest BCUT2D eigenvalue weighted by atomic mass is 9.89. The molecule has 0 radical (unpaired) electrons. The van der Waals surface area contributed by atoms with E-state index in [1.54, 1.807) is 17.3 Å². The number of benzene rings is 3. The second kappa shape index (κ2) is 15.5. The summed E-state index contributed by atoms with van der Waals surface area (Å²) in [5.41, 5.74) is 3.48. The first-order valence-corrected chi connectivity index (χ1v) is 16.2. The molecular formula is C39H45N3O2. The van der Waals surface area contributed by atoms with Crippen molar-refractivity contribution in [1.82, 2.24) is 14.8 Å². The highest BCUT2D eigenvalue weighted by Crippen LogP contribution is 2.39. The molecule has 1 saturated carbocycles. The highest BCUT2D eigenvalue weighted by Gasteiger charge is 2.49. The van der Waals surface area contributed by atoms with Gasteiger partial charge in [-0.2, -0.15) is 0 Å². The fourth-order valence-electron chi connectivity index (χ4n) is 6.77. The van der Waals surface area contributed by atoms with Gasteiger partial charge >= 0.3 is 0 Å². The number of carbonyl (C=O) groups excluding carboxylic acids is 2. The van der Waals surface area contributed by atoms with Crippen LogP contribution in [0.4, 0.5) is 0 Å². The van der Waals surface area contributed by atoms with Crippen molar-refractivity contribution in [3.63, 3.8) is 0 Å². The van der Waals surface area contributed by atoms with Crippen LogP contribution >= 0.6 is 0 Å². The van der Waals surface area contributed by atoms with Crippen LogP contribution in [0.2, 0.25) is 0 Å². The van der Waals surface area contributed by atoms with Crippen molar-refractivity contribution < 1.29 is 9.59 Å². The number of rotatable bonds is 14. The summed E-state index contributed by atoms with van der Waals surface area (Å²) in [6, 6.07) is 34.6. The SMILES string of the molecule is CN(C(=O)c1ccccc1)C1(C(=O)N(Cc2ccncc2)C(CCCc2ccccc2)CCCc2ccccc2)CCCC1. The van der Waals surface area contributed by atoms with Gasteiger partial charge in [-0.15, -0.1) is 0 Å². The summed E-state index contributed by atoms with van der Waals surface area (Å²) in [4.78, 5) is 37.0. The van der Waals surface area contributed by atoms with Gasteiger partial charge < -0.3 is 9.80 Å². The van der Waals surface area contributed by atoms with Crippen molar-refractivity contribution in [2.75, 3.05) is 7.05 Å². The van der Waals surface area contributed by atoms with E-state index < -0.39 is 5.54 Å². The van der Waals surface area contributed by atoms with Crippen LogP contribution in [0.5, 0.6) is 0 Å². The fraction of sp³-hybridized carbons (Fsp3) is 0.359. The van der Waals surface area contributed by atoms with E-state index in [9.17, 15) is 4.79 Å². The van der Waals surface area contributed by atoms with Gasteiger partial charge in [0.15, 0.2) is 0 Å². The largest absolute Gasteiger partial charge is 0.333 e. The van der Waals surface area contributed by atoms with E-state index >= 15 is 4.79 Å². The van der Waals surface area contributed by atoms with E-state index in [2.05, 4.69) is 70.5 Å². The summed E-state index contributed by atoms with van der Waals surface area (Å²) in [6.45, 7) is 0.512. The molecule has 2 amide bonds. The third-order valence-corrected chi connectivity index (χ3v) is 9.29. The topological polar surface area (TPSA) is 53.5 Å². The Hall–Kier alpha value is -4.25. The molecule has 3 aromatic carbocycles. The summed E-state index contributed by atoms with van der Waals surface area (Å²) in [5, 5.41) is 0. The maximum Gasteiger partial charge on any atom is 0.254 e. The average molecular weight is 588 g/mol. The zero-order valence-electron chi connectivity index (χ0n) is 26.0. The number of amides is 2. The van der Waals surface area contributed by atoms with Crippen LogP contribution in [0.1, 0.15) is 78.4 Å². The molecule has 4 aromatic rings. The Bertz CT molecular complexity index is 1390. The molecule has 0 atom stereocenters. The Morgan fingerprint density at radius 3 is 1.73 bits per heavy atom. The zero-order chi connectivity index (χ0) is 30.6. The molecule has 228 valence electrons. The van der Waals surface area contributed by atoms with E-state index in [1.165, 1.54) is 11.1 Å². The van der Waals surface area contributed by atoms with Crippen LogP contribution in [0.3, 0.4) is 0 Å². The number of carbonyl (C=O) groups is 2. The first-order chi connectivity index (χ1) is 21.6. The standard InChI is InChI=1S/C39H45N3O2/c1-41(37(43)35-21-9-4-10-22-35)39(27-11-12-28-39)38(44)42(31-34-25-29-40-30-26-34)36(23-13-19-32-15-5-2-6-16-32)24-14-20-33-17-7-3-8-18-33/h2-10,15-18,21-22,25-26,29-30,36H,11-14,19-20,23-24,27-28,31H2,1H3. The van der Waals surface area contributed by atoms with Crippen molar-refractivity contribution >= 4 is 11.8 Å². The molecule has 5 rings (SSSR count). The molecule has 1 heterocycles. The highest BCUT2D eigenvalue weighted by atomic mass is 16.2. The fourth-order valence-corrected chi connectivity index (χ4v) is 6.77. The van der Waals surface area contributed by atoms with Gasteiger partial charge in [0.2, 0.25) is 5.91 Å². The molecule has 1 aliphatic rings. The van der Waals surface area contributed by atoms with Crippen molar-refractivity contribution in [3.8, 4) is 0 Å². The maximum atomic E-state index is 15.1. The lowest BCUT2D eigenvalue weighted by Gasteiger charge is -2.44. The van der Waals surface area contributed by atoms with Crippen molar-refractivity contribution in [1.29, 1.82) is 0 Å². The van der Waals surface area contributed by atoms with Crippen LogP contribution < -0.4 is 0 Å². The monoisotopic (exact) mass is 587 g/mol. The highest BCUT2D eigenvalue weighted by molar-refractivity contribution is 5.99. The minimum absolute atomic E-state index is 0.0563. The normalized spacial score (nSPS) is 14.0. The zero-order valence-corrected chi connectivity index (χ0v) is 26.0. The summed E-state index contributed by atoms with van der Waals surface area (Å²) < 4.78 is 0. The molecule has 0 aliphatic heterocycles. The minimum atomic E-state index is -0.850. The predicted octanol–water partition coefficient (Wildman–Crippen LogP) is 7.91. The molecule has 44 heavy (non-hydrogen) atoms. The van der Waals surface area contributed by atoms with Crippen LogP contribution in [-0.4, -0.2) is 45.2 Å². The second-order valence-corrected chi connectivity index (χ2v) is 12.2. The maximum absolute atomic E-state index is 15.1. The first-order valence-electron chi connectivity index (χ1n) is 16.2. The van der Waals surface area contributed by atoms with Crippen molar-refractivity contribution in [3.05, 3.63) is 138 Å². The van der Waals surface area contributed by atoms with Gasteiger partial charge in [0.05, 0.1) is 0 Å². The Kier molecular flexibility index (Phi) is 11.0. The number of hydrogen-bond donors (Lipinski definition) is 0. The van der Waals surface area contributed by atoms with Gasteiger partial charge in [-0.25, -0.2) is 0 Å². The number of nitrogens with zero attached hydrogens (tertiary/aromatic N) is 3. The molecule has 0 bridgehead atoms. The molecule has 0 saturated heterocycles. The molecule has 5 nitrogen and oxygen atoms in total. The van der Waals surface area contributed by atoms with Gasteiger partial charge in [0.1, 0.15) is 5.54 Å². The van der Waals surface area contributed by atoms with Gasteiger partial charge in [0, 0.05) is 37.6 Å². The molecule has 1 fully saturated rings. The molecule has 1 aliphatic carbocycles. The van der Waals surface area contributed by atoms with Crippen LogP contribution in [-0.2, 0) is 24.2 Å². The summed E-state index contributed by atoms with van der Waals surface area (Å²) >= 11 is 0. The molecular weight excluding hydrogens is 542 g/mol. The third-order valence-electron chi connectivity index (χ3n) is 9.29. The number of aryl methyl sites for hydroxylation is 2. The molecule has 0 unspecified atom stereocenters. The van der Waals surface area contributed by atoms with E-state index in [4.69, 9.17) is 0 Å². The van der Waals surface area contributed by atoms with Crippen molar-refractivity contribution in [2.45, 2.75) is 82.3 Å². The predicted molar refractivity (Wildman–Crippen MR) is 177 cm³/mol. The second-order valence-electron chi connectivity index (χ2n) is 12.2. The molecule has 0 spiro atoms. The number of aromatic nitrogens is 1. The van der Waals surface area contributed by atoms with Crippen LogP contribution in [0.15, 0.2) is 116 Å². The number of pyridine rings is 1. The number of likely N-dealkylation sites (N-methyl/N-ethyl adjacent to an activating group) is 1.